The van der Waals surface area contributed by atoms with Crippen LogP contribution in [0.3, 0.4) is 0 Å². The first-order valence-electron chi connectivity index (χ1n) is 10.4. The zero-order chi connectivity index (χ0) is 17.8. The summed E-state index contributed by atoms with van der Waals surface area (Å²) in [5.41, 5.74) is 0. The van der Waals surface area contributed by atoms with Crippen LogP contribution in [0, 0.1) is 11.8 Å². The van der Waals surface area contributed by atoms with Gasteiger partial charge >= 0.3 is 154 Å². The van der Waals surface area contributed by atoms with Crippen LogP contribution in [0.15, 0.2) is 12.2 Å². The van der Waals surface area contributed by atoms with Gasteiger partial charge in [0.1, 0.15) is 0 Å². The summed E-state index contributed by atoms with van der Waals surface area (Å²) in [7, 11) is 0. The van der Waals surface area contributed by atoms with Crippen LogP contribution in [0.2, 0.25) is 13.3 Å². The van der Waals surface area contributed by atoms with Crippen LogP contribution in [-0.2, 0) is 9.53 Å². The van der Waals surface area contributed by atoms with Crippen molar-refractivity contribution in [1.29, 1.82) is 0 Å². The van der Waals surface area contributed by atoms with Gasteiger partial charge in [-0.05, 0) is 0 Å². The van der Waals surface area contributed by atoms with E-state index in [0.717, 1.165) is 0 Å². The second kappa shape index (κ2) is 8.70. The fourth-order valence-corrected chi connectivity index (χ4v) is 24.8. The molecule has 2 rings (SSSR count). The molecule has 2 aliphatic heterocycles. The van der Waals surface area contributed by atoms with Crippen LogP contribution in [0.25, 0.3) is 0 Å². The number of hydrogen-bond donors (Lipinski definition) is 0. The monoisotopic (exact) mass is 442 g/mol. The van der Waals surface area contributed by atoms with Gasteiger partial charge in [-0.15, -0.1) is 0 Å². The Morgan fingerprint density at radius 1 is 1.00 bits per heavy atom. The molecule has 0 saturated carbocycles. The average molecular weight is 441 g/mol. The molecule has 0 aromatic heterocycles. The number of carbonyl (C=O) groups is 1. The minimum absolute atomic E-state index is 0.0411. The van der Waals surface area contributed by atoms with Gasteiger partial charge in [0.15, 0.2) is 0 Å². The number of carbonyl (C=O) groups excluding carboxylic acids is 1. The Kier molecular flexibility index (Phi) is 7.43. The third-order valence-electron chi connectivity index (χ3n) is 6.73. The molecule has 2 aliphatic rings. The van der Waals surface area contributed by atoms with Crippen molar-refractivity contribution in [1.82, 2.24) is 0 Å². The van der Waals surface area contributed by atoms with Gasteiger partial charge in [-0.2, -0.15) is 0 Å². The molecule has 0 aromatic carbocycles. The van der Waals surface area contributed by atoms with Crippen LogP contribution in [0.1, 0.15) is 73.1 Å². The number of hydrogen-bond acceptors (Lipinski definition) is 2. The SMILES string of the molecule is CCC[CH2][Sn]([CH2]CCC)([CH2]CCC)[C@]12C=C[C@@H](O1)[C@@H](C)C(=O)[C@H]2C. The molecule has 0 N–H and O–H groups in total. The topological polar surface area (TPSA) is 26.3 Å². The van der Waals surface area contributed by atoms with Gasteiger partial charge in [-0.3, -0.25) is 0 Å². The summed E-state index contributed by atoms with van der Waals surface area (Å²) in [6.45, 7) is 11.2. The summed E-state index contributed by atoms with van der Waals surface area (Å²) in [6.07, 6.45) is 12.5. The molecule has 3 heteroatoms. The van der Waals surface area contributed by atoms with Gasteiger partial charge in [0.05, 0.1) is 0 Å². The Morgan fingerprint density at radius 2 is 1.50 bits per heavy atom. The van der Waals surface area contributed by atoms with Crippen molar-refractivity contribution in [2.45, 2.75) is 96.2 Å². The van der Waals surface area contributed by atoms with Crippen LogP contribution < -0.4 is 0 Å². The van der Waals surface area contributed by atoms with E-state index in [9.17, 15) is 4.79 Å². The van der Waals surface area contributed by atoms with Crippen molar-refractivity contribution in [3.8, 4) is 0 Å². The number of unbranched alkanes of at least 4 members (excludes halogenated alkanes) is 3. The zero-order valence-corrected chi connectivity index (χ0v) is 19.4. The second-order valence-corrected chi connectivity index (χ2v) is 22.1. The Bertz CT molecular complexity index is 437. The van der Waals surface area contributed by atoms with E-state index in [1.807, 2.05) is 0 Å². The molecule has 0 aromatic rings. The second-order valence-electron chi connectivity index (χ2n) is 8.24. The molecule has 4 atom stereocenters. The Hall–Kier alpha value is 0.169. The van der Waals surface area contributed by atoms with Gasteiger partial charge in [0.2, 0.25) is 0 Å². The minimum atomic E-state index is -2.68. The normalized spacial score (nSPS) is 32.5. The van der Waals surface area contributed by atoms with Crippen LogP contribution in [-0.4, -0.2) is 33.9 Å². The molecule has 0 spiro atoms. The Labute approximate surface area is 153 Å². The first-order valence-corrected chi connectivity index (χ1v) is 17.9. The Balaban J connectivity index is 2.43. The standard InChI is InChI=1S/C9H11O2.3C4H9.Sn/c1-5-7-3-4-8(11-7)6(2)9(5)10;3*1-3-4-2;/h3-7H,1-2H3;3*1,3-4H2,2H3;/t5-,6+,7-;;;;/m1..../s1. The summed E-state index contributed by atoms with van der Waals surface area (Å²) in [6, 6.07) is 0. The number of ether oxygens (including phenoxy) is 1. The molecule has 2 nitrogen and oxygen atoms in total. The van der Waals surface area contributed by atoms with Crippen molar-refractivity contribution < 1.29 is 9.53 Å². The number of rotatable bonds is 10. The fourth-order valence-electron chi connectivity index (χ4n) is 5.09. The van der Waals surface area contributed by atoms with E-state index in [1.54, 1.807) is 0 Å². The summed E-state index contributed by atoms with van der Waals surface area (Å²) in [4.78, 5) is 13.0. The first-order chi connectivity index (χ1) is 11.5. The van der Waals surface area contributed by atoms with E-state index in [1.165, 1.54) is 51.8 Å². The van der Waals surface area contributed by atoms with E-state index in [4.69, 9.17) is 4.74 Å². The molecule has 138 valence electrons. The van der Waals surface area contributed by atoms with Crippen LogP contribution in [0.4, 0.5) is 0 Å². The van der Waals surface area contributed by atoms with Crippen molar-refractivity contribution >= 4 is 24.2 Å². The third kappa shape index (κ3) is 3.51. The molecule has 0 radical (unpaired) electrons. The van der Waals surface area contributed by atoms with Gasteiger partial charge in [0, 0.05) is 0 Å². The van der Waals surface area contributed by atoms with E-state index in [-0.39, 0.29) is 21.6 Å². The van der Waals surface area contributed by atoms with Gasteiger partial charge in [-0.1, -0.05) is 0 Å². The summed E-state index contributed by atoms with van der Waals surface area (Å²) < 4.78 is 10.8. The molecule has 0 unspecified atom stereocenters. The van der Waals surface area contributed by atoms with E-state index in [2.05, 4.69) is 46.8 Å². The number of ketones is 1. The third-order valence-corrected chi connectivity index (χ3v) is 24.7. The molecule has 2 heterocycles. The molecule has 2 bridgehead atoms. The summed E-state index contributed by atoms with van der Waals surface area (Å²) in [5, 5.41) is 0. The van der Waals surface area contributed by atoms with E-state index in [0.29, 0.717) is 5.78 Å². The molecule has 0 amide bonds. The molecular weight excluding hydrogens is 403 g/mol. The van der Waals surface area contributed by atoms with Crippen LogP contribution >= 0.6 is 0 Å². The average Bonchev–Trinajstić information content (AvgIpc) is 3.02. The summed E-state index contributed by atoms with van der Waals surface area (Å²) in [5.74, 6) is 0.574. The van der Waals surface area contributed by atoms with Crippen molar-refractivity contribution in [2.75, 3.05) is 0 Å². The molecule has 0 aliphatic carbocycles. The number of fused-ring (bicyclic) bond motifs is 2. The fraction of sp³-hybridized carbons (Fsp3) is 0.857. The Morgan fingerprint density at radius 3 is 1.96 bits per heavy atom. The molecule has 24 heavy (non-hydrogen) atoms. The van der Waals surface area contributed by atoms with Gasteiger partial charge in [0.25, 0.3) is 0 Å². The summed E-state index contributed by atoms with van der Waals surface area (Å²) >= 11 is -2.68. The number of Topliss-reactive ketones (excluding diaryl/α,β-unsaturated/α-hetero) is 1. The first kappa shape index (κ1) is 20.5. The van der Waals surface area contributed by atoms with E-state index >= 15 is 0 Å². The molecule has 1 fully saturated rings. The predicted octanol–water partition coefficient (Wildman–Crippen LogP) is 5.92. The van der Waals surface area contributed by atoms with E-state index < -0.39 is 18.4 Å². The maximum atomic E-state index is 13.0. The molecule has 1 saturated heterocycles. The van der Waals surface area contributed by atoms with Gasteiger partial charge in [-0.25, -0.2) is 0 Å². The van der Waals surface area contributed by atoms with Crippen molar-refractivity contribution in [2.24, 2.45) is 11.8 Å². The van der Waals surface area contributed by atoms with Gasteiger partial charge < -0.3 is 0 Å². The maximum absolute atomic E-state index is 13.0. The van der Waals surface area contributed by atoms with Crippen molar-refractivity contribution in [3.63, 3.8) is 0 Å². The predicted molar refractivity (Wildman–Crippen MR) is 105 cm³/mol. The van der Waals surface area contributed by atoms with Crippen molar-refractivity contribution in [3.05, 3.63) is 12.2 Å². The molecular formula is C21H38O2Sn. The quantitative estimate of drug-likeness (QED) is 0.311. The zero-order valence-electron chi connectivity index (χ0n) is 16.6. The van der Waals surface area contributed by atoms with Crippen LogP contribution in [0.5, 0.6) is 0 Å².